The van der Waals surface area contributed by atoms with Gasteiger partial charge in [0, 0.05) is 18.6 Å². The van der Waals surface area contributed by atoms with Crippen molar-refractivity contribution in [3.05, 3.63) is 0 Å². The van der Waals surface area contributed by atoms with Crippen LogP contribution >= 0.6 is 0 Å². The highest BCUT2D eigenvalue weighted by Gasteiger charge is 2.52. The van der Waals surface area contributed by atoms with E-state index in [-0.39, 0.29) is 12.7 Å². The third-order valence-electron chi connectivity index (χ3n) is 8.44. The summed E-state index contributed by atoms with van der Waals surface area (Å²) in [4.78, 5) is 10.9. The highest BCUT2D eigenvalue weighted by Crippen LogP contribution is 2.32. The van der Waals surface area contributed by atoms with E-state index < -0.39 is 136 Å². The molecule has 0 bridgehead atoms. The van der Waals surface area contributed by atoms with Crippen LogP contribution in [0, 0.1) is 5.92 Å². The summed E-state index contributed by atoms with van der Waals surface area (Å²) in [5, 5.41) is 135. The predicted molar refractivity (Wildman–Crippen MR) is 139 cm³/mol. The van der Waals surface area contributed by atoms with Gasteiger partial charge in [-0.1, -0.05) is 0 Å². The van der Waals surface area contributed by atoms with Crippen molar-refractivity contribution in [2.75, 3.05) is 19.8 Å². The molecule has 19 nitrogen and oxygen atoms in total. The first-order valence-electron chi connectivity index (χ1n) is 14.2. The molecule has 2 heterocycles. The van der Waals surface area contributed by atoms with Crippen LogP contribution in [0.25, 0.3) is 0 Å². The third-order valence-corrected chi connectivity index (χ3v) is 8.44. The number of hydrogen-bond acceptors (Lipinski definition) is 19. The Hall–Kier alpha value is -1.05. The van der Waals surface area contributed by atoms with Crippen molar-refractivity contribution in [1.29, 1.82) is 0 Å². The van der Waals surface area contributed by atoms with Gasteiger partial charge in [-0.05, 0) is 13.3 Å². The predicted octanol–water partition coefficient (Wildman–Crippen LogP) is -8.64. The molecule has 1 aliphatic carbocycles. The van der Waals surface area contributed by atoms with Gasteiger partial charge in [-0.15, -0.1) is 0 Å². The highest BCUT2D eigenvalue weighted by atomic mass is 16.7. The fourth-order valence-corrected chi connectivity index (χ4v) is 5.72. The highest BCUT2D eigenvalue weighted by molar-refractivity contribution is 5.56. The Morgan fingerprint density at radius 2 is 1.45 bits per heavy atom. The molecule has 19 heteroatoms. The Balaban J connectivity index is 1.69. The number of hydrogen-bond donors (Lipinski definition) is 14. The second-order valence-electron chi connectivity index (χ2n) is 11.4. The lowest BCUT2D eigenvalue weighted by molar-refractivity contribution is -0.361. The zero-order valence-electron chi connectivity index (χ0n) is 23.7. The average molecular weight is 648 g/mol. The molecule has 19 unspecified atom stereocenters. The first kappa shape index (κ1) is 37.4. The minimum Gasteiger partial charge on any atom is -0.396 e. The van der Waals surface area contributed by atoms with Crippen LogP contribution in [0.1, 0.15) is 13.3 Å². The summed E-state index contributed by atoms with van der Waals surface area (Å²) in [6, 6.07) is -2.00. The number of carbonyl (C=O) groups excluding carboxylic acids is 1. The summed E-state index contributed by atoms with van der Waals surface area (Å²) >= 11 is 0. The second kappa shape index (κ2) is 16.2. The smallest absolute Gasteiger partial charge is 0.187 e. The van der Waals surface area contributed by atoms with Gasteiger partial charge in [0.1, 0.15) is 67.1 Å². The standard InChI is InChI=1S/C25H45NO18/c1-7-13(26-9-2-8(3-27)14(33)18(37)15(9)34)17(36)20(39)24(41-7)44-23-12(6-30)42-25(21(40)19(23)38)43-22(11(32)5-29)16(35)10(31)4-28/h4,7-27,29-40H,2-3,5-6H2,1H3. The van der Waals surface area contributed by atoms with Gasteiger partial charge < -0.3 is 95.4 Å². The second-order valence-corrected chi connectivity index (χ2v) is 11.4. The number of rotatable bonds is 13. The lowest BCUT2D eigenvalue weighted by Gasteiger charge is -2.48. The van der Waals surface area contributed by atoms with Gasteiger partial charge in [-0.3, -0.25) is 0 Å². The average Bonchev–Trinajstić information content (AvgIpc) is 3.02. The Morgan fingerprint density at radius 3 is 2.02 bits per heavy atom. The van der Waals surface area contributed by atoms with Crippen molar-refractivity contribution in [2.24, 2.45) is 5.92 Å². The Morgan fingerprint density at radius 1 is 0.818 bits per heavy atom. The third kappa shape index (κ3) is 7.90. The van der Waals surface area contributed by atoms with E-state index in [4.69, 9.17) is 18.9 Å². The quantitative estimate of drug-likeness (QED) is 0.0825. The summed E-state index contributed by atoms with van der Waals surface area (Å²) in [5.41, 5.74) is 0. The zero-order valence-corrected chi connectivity index (χ0v) is 23.7. The number of nitrogens with one attached hydrogen (secondary N) is 1. The van der Waals surface area contributed by atoms with Crippen LogP contribution in [-0.4, -0.2) is 203 Å². The van der Waals surface area contributed by atoms with Gasteiger partial charge in [0.15, 0.2) is 18.9 Å². The van der Waals surface area contributed by atoms with Crippen molar-refractivity contribution >= 4 is 6.29 Å². The molecule has 2 aliphatic heterocycles. The van der Waals surface area contributed by atoms with Crippen LogP contribution in [-0.2, 0) is 23.7 Å². The molecule has 0 spiro atoms. The van der Waals surface area contributed by atoms with Crippen LogP contribution in [0.4, 0.5) is 0 Å². The van der Waals surface area contributed by atoms with E-state index >= 15 is 0 Å². The number of carbonyl (C=O) groups is 1. The van der Waals surface area contributed by atoms with E-state index in [0.29, 0.717) is 0 Å². The first-order chi connectivity index (χ1) is 20.7. The maximum absolute atomic E-state index is 10.9. The fraction of sp³-hybridized carbons (Fsp3) is 0.960. The topological polar surface area (TPSA) is 329 Å². The molecule has 3 rings (SSSR count). The molecule has 258 valence electrons. The maximum Gasteiger partial charge on any atom is 0.187 e. The lowest BCUT2D eigenvalue weighted by atomic mass is 9.79. The van der Waals surface area contributed by atoms with Crippen LogP contribution in [0.2, 0.25) is 0 Å². The van der Waals surface area contributed by atoms with Gasteiger partial charge in [0.2, 0.25) is 0 Å². The van der Waals surface area contributed by atoms with Gasteiger partial charge >= 0.3 is 0 Å². The van der Waals surface area contributed by atoms with E-state index in [0.717, 1.165) is 0 Å². The molecule has 3 aliphatic rings. The van der Waals surface area contributed by atoms with Crippen molar-refractivity contribution in [3.8, 4) is 0 Å². The fourth-order valence-electron chi connectivity index (χ4n) is 5.72. The van der Waals surface area contributed by atoms with Gasteiger partial charge in [-0.25, -0.2) is 0 Å². The summed E-state index contributed by atoms with van der Waals surface area (Å²) in [7, 11) is 0. The number of aliphatic hydroxyl groups excluding tert-OH is 13. The molecule has 0 radical (unpaired) electrons. The molecular weight excluding hydrogens is 602 g/mol. The maximum atomic E-state index is 10.9. The summed E-state index contributed by atoms with van der Waals surface area (Å²) in [6.07, 6.45) is -27.6. The largest absolute Gasteiger partial charge is 0.396 e. The van der Waals surface area contributed by atoms with Crippen molar-refractivity contribution in [3.63, 3.8) is 0 Å². The van der Waals surface area contributed by atoms with Crippen molar-refractivity contribution in [1.82, 2.24) is 5.32 Å². The van der Waals surface area contributed by atoms with Gasteiger partial charge in [-0.2, -0.15) is 0 Å². The summed E-state index contributed by atoms with van der Waals surface area (Å²) in [5.74, 6) is -0.785. The van der Waals surface area contributed by atoms with Gasteiger partial charge in [0.25, 0.3) is 0 Å². The van der Waals surface area contributed by atoms with Crippen LogP contribution in [0.3, 0.4) is 0 Å². The van der Waals surface area contributed by atoms with Crippen LogP contribution in [0.15, 0.2) is 0 Å². The summed E-state index contributed by atoms with van der Waals surface area (Å²) < 4.78 is 22.0. The summed E-state index contributed by atoms with van der Waals surface area (Å²) in [6.45, 7) is -0.910. The van der Waals surface area contributed by atoms with E-state index in [1.807, 2.05) is 0 Å². The monoisotopic (exact) mass is 647 g/mol. The molecule has 44 heavy (non-hydrogen) atoms. The molecule has 1 saturated carbocycles. The molecule has 0 aromatic carbocycles. The first-order valence-corrected chi connectivity index (χ1v) is 14.2. The van der Waals surface area contributed by atoms with Gasteiger partial charge in [0.05, 0.1) is 37.6 Å². The molecule has 14 N–H and O–H groups in total. The van der Waals surface area contributed by atoms with Crippen LogP contribution < -0.4 is 5.32 Å². The number of ether oxygens (including phenoxy) is 4. The van der Waals surface area contributed by atoms with E-state index in [1.54, 1.807) is 0 Å². The molecule has 0 aromatic rings. The lowest BCUT2D eigenvalue weighted by Crippen LogP contribution is -2.69. The zero-order chi connectivity index (χ0) is 33.0. The van der Waals surface area contributed by atoms with E-state index in [1.165, 1.54) is 6.92 Å². The van der Waals surface area contributed by atoms with Crippen molar-refractivity contribution in [2.45, 2.75) is 123 Å². The Labute approximate surface area is 251 Å². The van der Waals surface area contributed by atoms with E-state index in [2.05, 4.69) is 5.32 Å². The molecule has 0 amide bonds. The van der Waals surface area contributed by atoms with Crippen LogP contribution in [0.5, 0.6) is 0 Å². The van der Waals surface area contributed by atoms with Crippen molar-refractivity contribution < 1.29 is 90.1 Å². The molecule has 2 saturated heterocycles. The molecule has 0 aromatic heterocycles. The molecular formula is C25H45NO18. The molecule has 19 atom stereocenters. The molecule has 3 fully saturated rings. The Kier molecular flexibility index (Phi) is 13.8. The Bertz CT molecular complexity index is 886. The normalized spacial score (nSPS) is 46.2. The minimum atomic E-state index is -2.10. The van der Waals surface area contributed by atoms with E-state index in [9.17, 15) is 71.2 Å². The number of aliphatic hydroxyl groups is 13. The SMILES string of the molecule is CC1OC(OC2C(CO)OC(OC(C(O)CO)C(O)C(O)C=O)C(O)C2O)C(O)C(O)C1NC1CC(CO)C(O)C(O)C1O. The minimum absolute atomic E-state index is 0.00803. The number of aldehydes is 1.